The van der Waals surface area contributed by atoms with E-state index in [4.69, 9.17) is 0 Å². The Bertz CT molecular complexity index is 669. The third-order valence-corrected chi connectivity index (χ3v) is 3.32. The number of carbonyl (C=O) groups excluding carboxylic acids is 1. The van der Waals surface area contributed by atoms with Gasteiger partial charge < -0.3 is 5.32 Å². The molecule has 2 aromatic carbocycles. The number of anilines is 1. The number of benzene rings is 2. The number of aryl methyl sites for hydroxylation is 1. The van der Waals surface area contributed by atoms with Crippen molar-refractivity contribution in [2.24, 2.45) is 0 Å². The standard InChI is InChI=1S/C14H11BrN2O3/c1-9-2-7-12(17(19)20)8-13(9)16-14(18)10-3-5-11(15)6-4-10/h2-8H,1H3,(H,16,18). The first kappa shape index (κ1) is 14.2. The molecular formula is C14H11BrN2O3. The van der Waals surface area contributed by atoms with Crippen LogP contribution in [0.4, 0.5) is 11.4 Å². The predicted molar refractivity (Wildman–Crippen MR) is 79.9 cm³/mol. The van der Waals surface area contributed by atoms with Crippen molar-refractivity contribution >= 4 is 33.2 Å². The molecule has 0 heterocycles. The van der Waals surface area contributed by atoms with Gasteiger partial charge in [-0.15, -0.1) is 0 Å². The van der Waals surface area contributed by atoms with Crippen molar-refractivity contribution in [1.82, 2.24) is 0 Å². The summed E-state index contributed by atoms with van der Waals surface area (Å²) in [6, 6.07) is 11.2. The summed E-state index contributed by atoms with van der Waals surface area (Å²) >= 11 is 3.29. The highest BCUT2D eigenvalue weighted by atomic mass is 79.9. The van der Waals surface area contributed by atoms with Gasteiger partial charge in [0.25, 0.3) is 11.6 Å². The Morgan fingerprint density at radius 2 is 1.85 bits per heavy atom. The van der Waals surface area contributed by atoms with Crippen LogP contribution in [-0.4, -0.2) is 10.8 Å². The summed E-state index contributed by atoms with van der Waals surface area (Å²) in [5.74, 6) is -0.305. The van der Waals surface area contributed by atoms with Crippen LogP contribution in [0.3, 0.4) is 0 Å². The predicted octanol–water partition coefficient (Wildman–Crippen LogP) is 3.92. The maximum Gasteiger partial charge on any atom is 0.271 e. The van der Waals surface area contributed by atoms with Gasteiger partial charge in [-0.1, -0.05) is 22.0 Å². The Kier molecular flexibility index (Phi) is 4.14. The molecule has 0 saturated carbocycles. The number of hydrogen-bond donors (Lipinski definition) is 1. The SMILES string of the molecule is Cc1ccc([N+](=O)[O-])cc1NC(=O)c1ccc(Br)cc1. The summed E-state index contributed by atoms with van der Waals surface area (Å²) in [7, 11) is 0. The highest BCUT2D eigenvalue weighted by Crippen LogP contribution is 2.22. The van der Waals surface area contributed by atoms with E-state index in [0.29, 0.717) is 11.3 Å². The van der Waals surface area contributed by atoms with Crippen LogP contribution in [0.5, 0.6) is 0 Å². The largest absolute Gasteiger partial charge is 0.321 e. The van der Waals surface area contributed by atoms with Crippen LogP contribution in [0.15, 0.2) is 46.9 Å². The van der Waals surface area contributed by atoms with Crippen molar-refractivity contribution in [3.05, 3.63) is 68.2 Å². The van der Waals surface area contributed by atoms with Crippen LogP contribution in [0.25, 0.3) is 0 Å². The number of amides is 1. The molecule has 5 nitrogen and oxygen atoms in total. The molecule has 0 fully saturated rings. The minimum Gasteiger partial charge on any atom is -0.321 e. The zero-order chi connectivity index (χ0) is 14.7. The number of halogens is 1. The van der Waals surface area contributed by atoms with Crippen molar-refractivity contribution in [1.29, 1.82) is 0 Å². The lowest BCUT2D eigenvalue weighted by Gasteiger charge is -2.08. The van der Waals surface area contributed by atoms with E-state index >= 15 is 0 Å². The Balaban J connectivity index is 2.25. The summed E-state index contributed by atoms with van der Waals surface area (Å²) in [5, 5.41) is 13.4. The molecule has 6 heteroatoms. The fourth-order valence-electron chi connectivity index (χ4n) is 1.65. The average molecular weight is 335 g/mol. The molecule has 102 valence electrons. The molecule has 0 atom stereocenters. The quantitative estimate of drug-likeness (QED) is 0.683. The second-order valence-corrected chi connectivity index (χ2v) is 5.13. The monoisotopic (exact) mass is 334 g/mol. The van der Waals surface area contributed by atoms with E-state index in [1.807, 2.05) is 0 Å². The van der Waals surface area contributed by atoms with Crippen molar-refractivity contribution in [3.8, 4) is 0 Å². The first-order valence-corrected chi connectivity index (χ1v) is 6.58. The van der Waals surface area contributed by atoms with E-state index in [0.717, 1.165) is 10.0 Å². The van der Waals surface area contributed by atoms with Gasteiger partial charge in [-0.3, -0.25) is 14.9 Å². The summed E-state index contributed by atoms with van der Waals surface area (Å²) in [6.45, 7) is 1.78. The molecule has 0 unspecified atom stereocenters. The highest BCUT2D eigenvalue weighted by Gasteiger charge is 2.12. The molecule has 20 heavy (non-hydrogen) atoms. The van der Waals surface area contributed by atoms with Crippen LogP contribution >= 0.6 is 15.9 Å². The number of nitrogens with zero attached hydrogens (tertiary/aromatic N) is 1. The molecule has 0 bridgehead atoms. The first-order chi connectivity index (χ1) is 9.47. The Labute approximate surface area is 123 Å². The van der Waals surface area contributed by atoms with Crippen LogP contribution in [0.2, 0.25) is 0 Å². The normalized spacial score (nSPS) is 10.1. The topological polar surface area (TPSA) is 72.2 Å². The maximum absolute atomic E-state index is 12.1. The van der Waals surface area contributed by atoms with Gasteiger partial charge in [0.1, 0.15) is 0 Å². The lowest BCUT2D eigenvalue weighted by atomic mass is 10.1. The number of non-ortho nitro benzene ring substituents is 1. The van der Waals surface area contributed by atoms with E-state index in [2.05, 4.69) is 21.2 Å². The van der Waals surface area contributed by atoms with Crippen LogP contribution < -0.4 is 5.32 Å². The average Bonchev–Trinajstić information content (AvgIpc) is 2.41. The van der Waals surface area contributed by atoms with Crippen LogP contribution in [0, 0.1) is 17.0 Å². The van der Waals surface area contributed by atoms with E-state index in [-0.39, 0.29) is 11.6 Å². The summed E-state index contributed by atoms with van der Waals surface area (Å²) in [6.07, 6.45) is 0. The van der Waals surface area contributed by atoms with Crippen molar-refractivity contribution in [3.63, 3.8) is 0 Å². The maximum atomic E-state index is 12.1. The zero-order valence-corrected chi connectivity index (χ0v) is 12.2. The number of hydrogen-bond acceptors (Lipinski definition) is 3. The van der Waals surface area contributed by atoms with E-state index < -0.39 is 4.92 Å². The minimum absolute atomic E-state index is 0.0540. The van der Waals surface area contributed by atoms with Gasteiger partial charge in [0.2, 0.25) is 0 Å². The summed E-state index contributed by atoms with van der Waals surface area (Å²) < 4.78 is 0.876. The van der Waals surface area contributed by atoms with Gasteiger partial charge in [-0.05, 0) is 36.8 Å². The molecule has 2 aromatic rings. The van der Waals surface area contributed by atoms with Gasteiger partial charge in [0.15, 0.2) is 0 Å². The zero-order valence-electron chi connectivity index (χ0n) is 10.6. The molecule has 0 aliphatic heterocycles. The molecule has 0 saturated heterocycles. The fraction of sp³-hybridized carbons (Fsp3) is 0.0714. The Hall–Kier alpha value is -2.21. The van der Waals surface area contributed by atoms with Gasteiger partial charge in [0, 0.05) is 22.2 Å². The lowest BCUT2D eigenvalue weighted by molar-refractivity contribution is -0.384. The number of rotatable bonds is 3. The number of nitrogens with one attached hydrogen (secondary N) is 1. The number of nitro groups is 1. The minimum atomic E-state index is -0.491. The van der Waals surface area contributed by atoms with Gasteiger partial charge in [-0.25, -0.2) is 0 Å². The fourth-order valence-corrected chi connectivity index (χ4v) is 1.92. The molecule has 0 aromatic heterocycles. The molecule has 1 amide bonds. The first-order valence-electron chi connectivity index (χ1n) is 5.79. The van der Waals surface area contributed by atoms with Crippen molar-refractivity contribution in [2.75, 3.05) is 5.32 Å². The second kappa shape index (κ2) is 5.83. The molecule has 0 aliphatic rings. The third kappa shape index (κ3) is 3.21. The Morgan fingerprint density at radius 3 is 2.45 bits per heavy atom. The summed E-state index contributed by atoms with van der Waals surface area (Å²) in [4.78, 5) is 22.3. The highest BCUT2D eigenvalue weighted by molar-refractivity contribution is 9.10. The summed E-state index contributed by atoms with van der Waals surface area (Å²) in [5.41, 5.74) is 1.63. The van der Waals surface area contributed by atoms with E-state index in [1.54, 1.807) is 37.3 Å². The van der Waals surface area contributed by atoms with E-state index in [9.17, 15) is 14.9 Å². The molecule has 0 aliphatic carbocycles. The number of nitro benzene ring substituents is 1. The van der Waals surface area contributed by atoms with Crippen LogP contribution in [0.1, 0.15) is 15.9 Å². The van der Waals surface area contributed by atoms with Gasteiger partial charge in [0.05, 0.1) is 10.6 Å². The van der Waals surface area contributed by atoms with E-state index in [1.165, 1.54) is 12.1 Å². The lowest BCUT2D eigenvalue weighted by Crippen LogP contribution is -2.12. The van der Waals surface area contributed by atoms with Crippen molar-refractivity contribution < 1.29 is 9.72 Å². The van der Waals surface area contributed by atoms with Crippen LogP contribution in [-0.2, 0) is 0 Å². The smallest absolute Gasteiger partial charge is 0.271 e. The van der Waals surface area contributed by atoms with Gasteiger partial charge >= 0.3 is 0 Å². The second-order valence-electron chi connectivity index (χ2n) is 4.22. The molecule has 0 radical (unpaired) electrons. The van der Waals surface area contributed by atoms with Crippen molar-refractivity contribution in [2.45, 2.75) is 6.92 Å². The third-order valence-electron chi connectivity index (χ3n) is 2.79. The molecule has 0 spiro atoms. The Morgan fingerprint density at radius 1 is 1.20 bits per heavy atom. The van der Waals surface area contributed by atoms with Gasteiger partial charge in [-0.2, -0.15) is 0 Å². The molecule has 2 rings (SSSR count). The number of carbonyl (C=O) groups is 1. The molecule has 1 N–H and O–H groups in total. The molecular weight excluding hydrogens is 324 g/mol.